The number of carbonyl (C=O) groups is 1. The molecule has 1 aliphatic heterocycles. The van der Waals surface area contributed by atoms with E-state index in [1.165, 1.54) is 11.3 Å². The van der Waals surface area contributed by atoms with E-state index in [-0.39, 0.29) is 24.4 Å². The van der Waals surface area contributed by atoms with Crippen molar-refractivity contribution in [1.29, 1.82) is 0 Å². The average Bonchev–Trinajstić information content (AvgIpc) is 2.68. The Morgan fingerprint density at radius 1 is 1.59 bits per heavy atom. The molecule has 1 saturated heterocycles. The second-order valence-electron chi connectivity index (χ2n) is 4.28. The average molecular weight is 295 g/mol. The van der Waals surface area contributed by atoms with Crippen LogP contribution >= 0.6 is 35.3 Å². The summed E-state index contributed by atoms with van der Waals surface area (Å²) in [6, 6.07) is 3.77. The van der Waals surface area contributed by atoms with E-state index in [0.29, 0.717) is 15.1 Å². The number of piperidine rings is 1. The zero-order valence-corrected chi connectivity index (χ0v) is 11.9. The molecule has 1 aromatic heterocycles. The van der Waals surface area contributed by atoms with Gasteiger partial charge in [-0.1, -0.05) is 18.5 Å². The Morgan fingerprint density at radius 2 is 2.29 bits per heavy atom. The van der Waals surface area contributed by atoms with Gasteiger partial charge in [-0.25, -0.2) is 0 Å². The first-order valence-corrected chi connectivity index (χ1v) is 6.57. The van der Waals surface area contributed by atoms with Gasteiger partial charge in [-0.2, -0.15) is 0 Å². The normalized spacial score (nSPS) is 24.3. The van der Waals surface area contributed by atoms with Gasteiger partial charge in [0.05, 0.1) is 9.21 Å². The minimum Gasteiger partial charge on any atom is -0.338 e. The third-order valence-electron chi connectivity index (χ3n) is 3.04. The first kappa shape index (κ1) is 14.8. The molecule has 1 fully saturated rings. The van der Waals surface area contributed by atoms with Crippen LogP contribution in [0.4, 0.5) is 0 Å². The molecule has 0 saturated carbocycles. The Kier molecular flexibility index (Phi) is 5.25. The Morgan fingerprint density at radius 3 is 2.82 bits per heavy atom. The Bertz CT molecular complexity index is 397. The van der Waals surface area contributed by atoms with Crippen molar-refractivity contribution in [3.63, 3.8) is 0 Å². The van der Waals surface area contributed by atoms with E-state index in [1.54, 1.807) is 12.1 Å². The van der Waals surface area contributed by atoms with Gasteiger partial charge in [0.25, 0.3) is 5.91 Å². The summed E-state index contributed by atoms with van der Waals surface area (Å²) >= 11 is 7.16. The molecular formula is C11H16Cl2N2OS. The zero-order chi connectivity index (χ0) is 11.7. The van der Waals surface area contributed by atoms with E-state index >= 15 is 0 Å². The number of hydrogen-bond acceptors (Lipinski definition) is 3. The predicted octanol–water partition coefficient (Wildman–Crippen LogP) is 2.63. The SMILES string of the molecule is CC1CN(C(=O)c2ccc(Cl)s2)CCC1N.Cl. The molecule has 0 aromatic carbocycles. The van der Waals surface area contributed by atoms with Crippen molar-refractivity contribution >= 4 is 41.3 Å². The van der Waals surface area contributed by atoms with Crippen molar-refractivity contribution in [2.24, 2.45) is 11.7 Å². The molecule has 0 aliphatic carbocycles. The van der Waals surface area contributed by atoms with Crippen LogP contribution in [-0.4, -0.2) is 29.9 Å². The van der Waals surface area contributed by atoms with E-state index in [0.717, 1.165) is 19.5 Å². The van der Waals surface area contributed by atoms with Crippen LogP contribution in [0.5, 0.6) is 0 Å². The summed E-state index contributed by atoms with van der Waals surface area (Å²) in [6.45, 7) is 3.58. The molecule has 1 amide bonds. The third-order valence-corrected chi connectivity index (χ3v) is 4.26. The van der Waals surface area contributed by atoms with Gasteiger partial charge in [-0.15, -0.1) is 23.7 Å². The molecule has 2 heterocycles. The number of nitrogens with zero attached hydrogens (tertiary/aromatic N) is 1. The number of likely N-dealkylation sites (tertiary alicyclic amines) is 1. The Hall–Kier alpha value is -0.290. The predicted molar refractivity (Wildman–Crippen MR) is 74.2 cm³/mol. The number of thiophene rings is 1. The lowest BCUT2D eigenvalue weighted by Crippen LogP contribution is -2.48. The highest BCUT2D eigenvalue weighted by Gasteiger charge is 2.27. The smallest absolute Gasteiger partial charge is 0.263 e. The highest BCUT2D eigenvalue weighted by atomic mass is 35.5. The molecule has 3 nitrogen and oxygen atoms in total. The fourth-order valence-corrected chi connectivity index (χ4v) is 2.94. The molecule has 1 aliphatic rings. The summed E-state index contributed by atoms with van der Waals surface area (Å²) in [5.41, 5.74) is 5.93. The van der Waals surface area contributed by atoms with Crippen LogP contribution in [0.3, 0.4) is 0 Å². The van der Waals surface area contributed by atoms with Crippen molar-refractivity contribution in [3.8, 4) is 0 Å². The van der Waals surface area contributed by atoms with Crippen LogP contribution in [-0.2, 0) is 0 Å². The fourth-order valence-electron chi connectivity index (χ4n) is 1.93. The highest BCUT2D eigenvalue weighted by Crippen LogP contribution is 2.24. The molecule has 1 aromatic rings. The summed E-state index contributed by atoms with van der Waals surface area (Å²) in [4.78, 5) is 14.7. The molecule has 2 rings (SSSR count). The molecule has 96 valence electrons. The number of hydrogen-bond donors (Lipinski definition) is 1. The van der Waals surface area contributed by atoms with Gasteiger partial charge in [-0.3, -0.25) is 4.79 Å². The van der Waals surface area contributed by atoms with E-state index in [2.05, 4.69) is 6.92 Å². The Labute approximate surface area is 116 Å². The van der Waals surface area contributed by atoms with Crippen molar-refractivity contribution in [2.45, 2.75) is 19.4 Å². The second kappa shape index (κ2) is 6.05. The van der Waals surface area contributed by atoms with Crippen LogP contribution in [0.2, 0.25) is 4.34 Å². The third kappa shape index (κ3) is 3.35. The van der Waals surface area contributed by atoms with E-state index in [4.69, 9.17) is 17.3 Å². The second-order valence-corrected chi connectivity index (χ2v) is 6.00. The maximum atomic E-state index is 12.1. The standard InChI is InChI=1S/C11H15ClN2OS.ClH/c1-7-6-14(5-4-8(7)13)11(15)9-2-3-10(12)16-9;/h2-3,7-8H,4-6,13H2,1H3;1H. The molecule has 2 unspecified atom stereocenters. The van der Waals surface area contributed by atoms with Crippen molar-refractivity contribution in [1.82, 2.24) is 4.90 Å². The summed E-state index contributed by atoms with van der Waals surface area (Å²) in [5.74, 6) is 0.448. The summed E-state index contributed by atoms with van der Waals surface area (Å²) in [6.07, 6.45) is 0.881. The number of amides is 1. The highest BCUT2D eigenvalue weighted by molar-refractivity contribution is 7.17. The van der Waals surface area contributed by atoms with Crippen LogP contribution in [0.1, 0.15) is 23.0 Å². The van der Waals surface area contributed by atoms with Crippen LogP contribution < -0.4 is 5.73 Å². The maximum absolute atomic E-state index is 12.1. The number of nitrogens with two attached hydrogens (primary N) is 1. The largest absolute Gasteiger partial charge is 0.338 e. The van der Waals surface area contributed by atoms with Crippen molar-refractivity contribution in [2.75, 3.05) is 13.1 Å². The fraction of sp³-hybridized carbons (Fsp3) is 0.545. The van der Waals surface area contributed by atoms with Crippen LogP contribution in [0, 0.1) is 5.92 Å². The molecule has 0 radical (unpaired) electrons. The van der Waals surface area contributed by atoms with Gasteiger partial charge in [0, 0.05) is 19.1 Å². The van der Waals surface area contributed by atoms with Gasteiger partial charge in [-0.05, 0) is 24.5 Å². The van der Waals surface area contributed by atoms with Crippen molar-refractivity contribution < 1.29 is 4.79 Å². The van der Waals surface area contributed by atoms with E-state index in [1.807, 2.05) is 4.90 Å². The summed E-state index contributed by atoms with van der Waals surface area (Å²) in [7, 11) is 0. The van der Waals surface area contributed by atoms with Gasteiger partial charge in [0.2, 0.25) is 0 Å². The quantitative estimate of drug-likeness (QED) is 0.865. The van der Waals surface area contributed by atoms with Crippen LogP contribution in [0.25, 0.3) is 0 Å². The van der Waals surface area contributed by atoms with Gasteiger partial charge < -0.3 is 10.6 Å². The van der Waals surface area contributed by atoms with Crippen molar-refractivity contribution in [3.05, 3.63) is 21.3 Å². The number of carbonyl (C=O) groups excluding carboxylic acids is 1. The van der Waals surface area contributed by atoms with Gasteiger partial charge >= 0.3 is 0 Å². The maximum Gasteiger partial charge on any atom is 0.263 e. The van der Waals surface area contributed by atoms with E-state index < -0.39 is 0 Å². The minimum atomic E-state index is 0. The first-order valence-electron chi connectivity index (χ1n) is 5.38. The van der Waals surface area contributed by atoms with E-state index in [9.17, 15) is 4.79 Å². The number of halogens is 2. The lowest BCUT2D eigenvalue weighted by Gasteiger charge is -2.34. The molecular weight excluding hydrogens is 279 g/mol. The summed E-state index contributed by atoms with van der Waals surface area (Å²) < 4.78 is 0.658. The molecule has 17 heavy (non-hydrogen) atoms. The lowest BCUT2D eigenvalue weighted by atomic mass is 9.95. The number of rotatable bonds is 1. The lowest BCUT2D eigenvalue weighted by molar-refractivity contribution is 0.0669. The minimum absolute atomic E-state index is 0. The molecule has 2 atom stereocenters. The zero-order valence-electron chi connectivity index (χ0n) is 9.56. The monoisotopic (exact) mass is 294 g/mol. The molecule has 2 N–H and O–H groups in total. The van der Waals surface area contributed by atoms with Gasteiger partial charge in [0.1, 0.15) is 0 Å². The summed E-state index contributed by atoms with van der Waals surface area (Å²) in [5, 5.41) is 0. The topological polar surface area (TPSA) is 46.3 Å². The molecule has 0 bridgehead atoms. The molecule has 6 heteroatoms. The van der Waals surface area contributed by atoms with Gasteiger partial charge in [0.15, 0.2) is 0 Å². The first-order chi connectivity index (χ1) is 7.58. The van der Waals surface area contributed by atoms with Crippen LogP contribution in [0.15, 0.2) is 12.1 Å². The Balaban J connectivity index is 0.00000144. The molecule has 0 spiro atoms.